The lowest BCUT2D eigenvalue weighted by Gasteiger charge is -1.98. The minimum absolute atomic E-state index is 0.748. The average Bonchev–Trinajstić information content (AvgIpc) is 2.85. The fourth-order valence-electron chi connectivity index (χ4n) is 1.66. The molecule has 0 bridgehead atoms. The van der Waals surface area contributed by atoms with Crippen molar-refractivity contribution in [2.24, 2.45) is 0 Å². The fraction of sp³-hybridized carbons (Fsp3) is 0.417. The summed E-state index contributed by atoms with van der Waals surface area (Å²) in [5.41, 5.74) is 0. The Morgan fingerprint density at radius 1 is 1.47 bits per heavy atom. The Morgan fingerprint density at radius 3 is 3.06 bits per heavy atom. The van der Waals surface area contributed by atoms with Crippen LogP contribution < -0.4 is 5.32 Å². The molecule has 2 heterocycles. The van der Waals surface area contributed by atoms with Gasteiger partial charge in [-0.15, -0.1) is 11.3 Å². The topological polar surface area (TPSA) is 38.1 Å². The predicted octanol–water partition coefficient (Wildman–Crippen LogP) is 3.46. The third-order valence-corrected chi connectivity index (χ3v) is 4.36. The molecular weight excluding hydrogens is 300 g/mol. The van der Waals surface area contributed by atoms with E-state index in [9.17, 15) is 0 Å². The summed E-state index contributed by atoms with van der Waals surface area (Å²) in [6.07, 6.45) is 5.31. The summed E-state index contributed by atoms with van der Waals surface area (Å²) >= 11 is 5.11. The molecule has 1 fully saturated rings. The van der Waals surface area contributed by atoms with Crippen LogP contribution in [-0.2, 0) is 6.42 Å². The van der Waals surface area contributed by atoms with Crippen molar-refractivity contribution in [3.63, 3.8) is 0 Å². The smallest absolute Gasteiger partial charge is 0.196 e. The van der Waals surface area contributed by atoms with E-state index < -0.39 is 0 Å². The molecule has 1 N–H and O–H groups in total. The number of nitrogens with zero attached hydrogens (tertiary/aromatic N) is 1. The van der Waals surface area contributed by atoms with Gasteiger partial charge in [-0.05, 0) is 40.9 Å². The summed E-state index contributed by atoms with van der Waals surface area (Å²) in [6, 6.07) is 4.82. The number of halogens is 1. The Labute approximate surface area is 112 Å². The van der Waals surface area contributed by atoms with E-state index in [0.717, 1.165) is 39.3 Å². The standard InChI is InChI=1S/C12H13BrN2OS/c13-11-4-3-10(17-11)9-7-15-12(16-9)5-6-14-8-1-2-8/h3-4,7-8,14H,1-2,5-6H2. The van der Waals surface area contributed by atoms with Crippen molar-refractivity contribution in [2.45, 2.75) is 25.3 Å². The fourth-order valence-corrected chi connectivity index (χ4v) is 2.99. The van der Waals surface area contributed by atoms with Crippen molar-refractivity contribution >= 4 is 27.3 Å². The Morgan fingerprint density at radius 2 is 2.35 bits per heavy atom. The largest absolute Gasteiger partial charge is 0.440 e. The molecule has 0 saturated heterocycles. The lowest BCUT2D eigenvalue weighted by atomic mass is 10.4. The summed E-state index contributed by atoms with van der Waals surface area (Å²) in [6.45, 7) is 0.957. The molecule has 5 heteroatoms. The lowest BCUT2D eigenvalue weighted by Crippen LogP contribution is -2.19. The molecule has 1 aliphatic rings. The maximum atomic E-state index is 5.72. The maximum Gasteiger partial charge on any atom is 0.196 e. The molecule has 0 radical (unpaired) electrons. The molecule has 0 unspecified atom stereocenters. The average molecular weight is 313 g/mol. The number of thiophene rings is 1. The third-order valence-electron chi connectivity index (χ3n) is 2.72. The number of hydrogen-bond acceptors (Lipinski definition) is 4. The highest BCUT2D eigenvalue weighted by atomic mass is 79.9. The molecule has 0 amide bonds. The van der Waals surface area contributed by atoms with Gasteiger partial charge in [0.05, 0.1) is 14.9 Å². The van der Waals surface area contributed by atoms with Crippen molar-refractivity contribution in [1.82, 2.24) is 10.3 Å². The van der Waals surface area contributed by atoms with Crippen molar-refractivity contribution in [3.8, 4) is 10.6 Å². The summed E-state index contributed by atoms with van der Waals surface area (Å²) in [7, 11) is 0. The zero-order valence-electron chi connectivity index (χ0n) is 9.28. The summed E-state index contributed by atoms with van der Waals surface area (Å²) in [4.78, 5) is 5.42. The lowest BCUT2D eigenvalue weighted by molar-refractivity contribution is 0.495. The van der Waals surface area contributed by atoms with Gasteiger partial charge in [-0.2, -0.15) is 0 Å². The van der Waals surface area contributed by atoms with Crippen molar-refractivity contribution in [2.75, 3.05) is 6.54 Å². The van der Waals surface area contributed by atoms with E-state index in [1.54, 1.807) is 11.3 Å². The second-order valence-corrected chi connectivity index (χ2v) is 6.66. The van der Waals surface area contributed by atoms with E-state index in [0.29, 0.717) is 0 Å². The number of aromatic nitrogens is 1. The molecule has 2 aromatic rings. The molecule has 3 rings (SSSR count). The van der Waals surface area contributed by atoms with Gasteiger partial charge >= 0.3 is 0 Å². The van der Waals surface area contributed by atoms with E-state index in [-0.39, 0.29) is 0 Å². The SMILES string of the molecule is Brc1ccc(-c2cnc(CCNC3CC3)o2)s1. The highest BCUT2D eigenvalue weighted by molar-refractivity contribution is 9.11. The predicted molar refractivity (Wildman–Crippen MR) is 72.2 cm³/mol. The Bertz CT molecular complexity index is 504. The van der Waals surface area contributed by atoms with Crippen LogP contribution >= 0.6 is 27.3 Å². The van der Waals surface area contributed by atoms with Gasteiger partial charge in [-0.1, -0.05) is 0 Å². The van der Waals surface area contributed by atoms with Gasteiger partial charge in [0.25, 0.3) is 0 Å². The van der Waals surface area contributed by atoms with Crippen molar-refractivity contribution < 1.29 is 4.42 Å². The van der Waals surface area contributed by atoms with E-state index in [1.807, 2.05) is 18.3 Å². The number of hydrogen-bond donors (Lipinski definition) is 1. The van der Waals surface area contributed by atoms with Crippen LogP contribution in [0.15, 0.2) is 26.5 Å². The van der Waals surface area contributed by atoms with Crippen LogP contribution in [0.5, 0.6) is 0 Å². The molecule has 0 atom stereocenters. The molecule has 1 aliphatic carbocycles. The second kappa shape index (κ2) is 4.92. The van der Waals surface area contributed by atoms with E-state index >= 15 is 0 Å². The van der Waals surface area contributed by atoms with Crippen LogP contribution in [0.4, 0.5) is 0 Å². The number of oxazole rings is 1. The van der Waals surface area contributed by atoms with Crippen LogP contribution in [0.3, 0.4) is 0 Å². The molecule has 90 valence electrons. The summed E-state index contributed by atoms with van der Waals surface area (Å²) in [5.74, 6) is 1.68. The summed E-state index contributed by atoms with van der Waals surface area (Å²) < 4.78 is 6.84. The van der Waals surface area contributed by atoms with Gasteiger partial charge in [0.15, 0.2) is 11.7 Å². The molecule has 0 aromatic carbocycles. The number of rotatable bonds is 5. The quantitative estimate of drug-likeness (QED) is 0.918. The third kappa shape index (κ3) is 2.97. The first-order valence-electron chi connectivity index (χ1n) is 5.75. The van der Waals surface area contributed by atoms with Gasteiger partial charge in [-0.25, -0.2) is 4.98 Å². The van der Waals surface area contributed by atoms with Crippen LogP contribution in [0.1, 0.15) is 18.7 Å². The highest BCUT2D eigenvalue weighted by Gasteiger charge is 2.20. The molecule has 17 heavy (non-hydrogen) atoms. The van der Waals surface area contributed by atoms with Gasteiger partial charge in [0.2, 0.25) is 0 Å². The van der Waals surface area contributed by atoms with Gasteiger partial charge < -0.3 is 9.73 Å². The van der Waals surface area contributed by atoms with Crippen LogP contribution in [0.25, 0.3) is 10.6 Å². The van der Waals surface area contributed by atoms with Crippen LogP contribution in [0, 0.1) is 0 Å². The second-order valence-electron chi connectivity index (χ2n) is 4.20. The first-order chi connectivity index (χ1) is 8.31. The van der Waals surface area contributed by atoms with E-state index in [1.165, 1.54) is 12.8 Å². The Kier molecular flexibility index (Phi) is 3.31. The number of nitrogens with one attached hydrogen (secondary N) is 1. The molecule has 2 aromatic heterocycles. The van der Waals surface area contributed by atoms with Gasteiger partial charge in [0, 0.05) is 19.0 Å². The molecule has 0 spiro atoms. The van der Waals surface area contributed by atoms with Gasteiger partial charge in [0.1, 0.15) is 0 Å². The minimum atomic E-state index is 0.748. The molecule has 1 saturated carbocycles. The zero-order valence-corrected chi connectivity index (χ0v) is 11.7. The van der Waals surface area contributed by atoms with Crippen molar-refractivity contribution in [3.05, 3.63) is 28.0 Å². The Balaban J connectivity index is 1.61. The van der Waals surface area contributed by atoms with Crippen molar-refractivity contribution in [1.29, 1.82) is 0 Å². The minimum Gasteiger partial charge on any atom is -0.440 e. The molecular formula is C12H13BrN2OS. The van der Waals surface area contributed by atoms with Gasteiger partial charge in [-0.3, -0.25) is 0 Å². The monoisotopic (exact) mass is 312 g/mol. The normalized spacial score (nSPS) is 15.4. The first kappa shape index (κ1) is 11.4. The molecule has 3 nitrogen and oxygen atoms in total. The first-order valence-corrected chi connectivity index (χ1v) is 7.36. The molecule has 0 aliphatic heterocycles. The van der Waals surface area contributed by atoms with Crippen LogP contribution in [0.2, 0.25) is 0 Å². The highest BCUT2D eigenvalue weighted by Crippen LogP contribution is 2.31. The maximum absolute atomic E-state index is 5.72. The zero-order chi connectivity index (χ0) is 11.7. The van der Waals surface area contributed by atoms with E-state index in [2.05, 4.69) is 26.2 Å². The summed E-state index contributed by atoms with van der Waals surface area (Å²) in [5, 5.41) is 3.45. The Hall–Kier alpha value is -0.650. The van der Waals surface area contributed by atoms with Crippen LogP contribution in [-0.4, -0.2) is 17.6 Å². The van der Waals surface area contributed by atoms with E-state index in [4.69, 9.17) is 4.42 Å².